The van der Waals surface area contributed by atoms with E-state index in [1.54, 1.807) is 30.5 Å². The molecule has 142 valence electrons. The highest BCUT2D eigenvalue weighted by Gasteiger charge is 2.19. The average molecular weight is 406 g/mol. The fourth-order valence-electron chi connectivity index (χ4n) is 2.74. The third-order valence-electron chi connectivity index (χ3n) is 4.10. The van der Waals surface area contributed by atoms with Crippen molar-refractivity contribution >= 4 is 42.1 Å². The van der Waals surface area contributed by atoms with E-state index in [2.05, 4.69) is 11.0 Å². The van der Waals surface area contributed by atoms with Crippen LogP contribution in [0.5, 0.6) is 0 Å². The van der Waals surface area contributed by atoms with Gasteiger partial charge in [0.05, 0.1) is 17.0 Å². The number of carboxylic acid groups (broad SMARTS) is 1. The van der Waals surface area contributed by atoms with E-state index < -0.39 is 25.3 Å². The summed E-state index contributed by atoms with van der Waals surface area (Å²) in [7, 11) is -5.75. The molecule has 7 nitrogen and oxygen atoms in total. The molecule has 1 aromatic heterocycles. The molecule has 0 aliphatic carbocycles. The van der Waals surface area contributed by atoms with Crippen molar-refractivity contribution in [2.45, 2.75) is 16.3 Å². The highest BCUT2D eigenvalue weighted by atomic mass is 32.2. The molecule has 1 N–H and O–H groups in total. The van der Waals surface area contributed by atoms with Gasteiger partial charge in [-0.25, -0.2) is 13.2 Å². The molecule has 0 aliphatic heterocycles. The van der Waals surface area contributed by atoms with E-state index in [1.165, 1.54) is 22.9 Å². The topological polar surface area (TPSA) is 106 Å². The van der Waals surface area contributed by atoms with E-state index in [9.17, 15) is 22.5 Å². The van der Waals surface area contributed by atoms with Gasteiger partial charge in [0.25, 0.3) is 0 Å². The van der Waals surface area contributed by atoms with E-state index >= 15 is 0 Å². The van der Waals surface area contributed by atoms with E-state index in [-0.39, 0.29) is 17.1 Å². The summed E-state index contributed by atoms with van der Waals surface area (Å²) in [5, 5.41) is 14.2. The minimum absolute atomic E-state index is 0.0226. The van der Waals surface area contributed by atoms with Crippen molar-refractivity contribution in [3.8, 4) is 0 Å². The first-order valence-corrected chi connectivity index (χ1v) is 11.8. The molecular formula is C18H18N2O5S2. The lowest BCUT2D eigenvalue weighted by atomic mass is 10.2. The second kappa shape index (κ2) is 6.50. The number of carboxylic acids is 1. The van der Waals surface area contributed by atoms with E-state index in [4.69, 9.17) is 0 Å². The van der Waals surface area contributed by atoms with Crippen molar-refractivity contribution in [3.63, 3.8) is 0 Å². The van der Waals surface area contributed by atoms with E-state index in [1.807, 2.05) is 0 Å². The summed E-state index contributed by atoms with van der Waals surface area (Å²) in [6.07, 6.45) is 2.63. The number of hydrogen-bond donors (Lipinski definition) is 1. The Morgan fingerprint density at radius 3 is 2.19 bits per heavy atom. The van der Waals surface area contributed by atoms with Crippen LogP contribution < -0.4 is 0 Å². The van der Waals surface area contributed by atoms with Gasteiger partial charge in [0.15, 0.2) is 15.5 Å². The number of sulfone groups is 1. The molecule has 3 aromatic rings. The highest BCUT2D eigenvalue weighted by Crippen LogP contribution is 2.23. The lowest BCUT2D eigenvalue weighted by Gasteiger charge is -2.07. The Hall–Kier alpha value is -2.65. The van der Waals surface area contributed by atoms with Crippen LogP contribution in [0.15, 0.2) is 52.3 Å². The maximum atomic E-state index is 12.0. The second-order valence-electron chi connectivity index (χ2n) is 6.41. The number of carbonyl (C=O) groups is 1. The smallest absolute Gasteiger partial charge is 0.354 e. The monoisotopic (exact) mass is 406 g/mol. The molecule has 0 saturated heterocycles. The quantitative estimate of drug-likeness (QED) is 0.649. The van der Waals surface area contributed by atoms with Crippen molar-refractivity contribution in [3.05, 3.63) is 53.7 Å². The summed E-state index contributed by atoms with van der Waals surface area (Å²) >= 11 is 0. The first kappa shape index (κ1) is 19.1. The van der Waals surface area contributed by atoms with Crippen LogP contribution >= 0.6 is 0 Å². The Bertz CT molecular complexity index is 1260. The summed E-state index contributed by atoms with van der Waals surface area (Å²) < 4.78 is 36.8. The number of aromatic carboxylic acids is 1. The number of hydrogen-bond acceptors (Lipinski definition) is 5. The third-order valence-corrected chi connectivity index (χ3v) is 6.48. The van der Waals surface area contributed by atoms with Crippen molar-refractivity contribution in [1.29, 1.82) is 0 Å². The van der Waals surface area contributed by atoms with Crippen LogP contribution in [0.3, 0.4) is 0 Å². The van der Waals surface area contributed by atoms with Gasteiger partial charge in [-0.1, -0.05) is 12.1 Å². The summed E-state index contributed by atoms with van der Waals surface area (Å²) in [5.41, 5.74) is 1.04. The number of aromatic nitrogens is 2. The van der Waals surface area contributed by atoms with Gasteiger partial charge in [-0.05, 0) is 51.3 Å². The summed E-state index contributed by atoms with van der Waals surface area (Å²) in [5.74, 6) is 2.47. The zero-order chi connectivity index (χ0) is 20.0. The predicted molar refractivity (Wildman–Crippen MR) is 105 cm³/mol. The van der Waals surface area contributed by atoms with Crippen LogP contribution in [0.1, 0.15) is 16.1 Å². The molecule has 0 bridgehead atoms. The van der Waals surface area contributed by atoms with Crippen molar-refractivity contribution in [2.75, 3.05) is 12.5 Å². The van der Waals surface area contributed by atoms with Crippen molar-refractivity contribution < 1.29 is 22.5 Å². The van der Waals surface area contributed by atoms with E-state index in [0.717, 1.165) is 11.8 Å². The van der Waals surface area contributed by atoms with Crippen LogP contribution in [0.4, 0.5) is 0 Å². The molecule has 1 heterocycles. The molecule has 3 rings (SSSR count). The first-order chi connectivity index (χ1) is 12.5. The fourth-order valence-corrected chi connectivity index (χ4v) is 4.09. The van der Waals surface area contributed by atoms with Crippen LogP contribution in [0.2, 0.25) is 0 Å². The van der Waals surface area contributed by atoms with Gasteiger partial charge in [-0.15, -0.1) is 0 Å². The molecular weight excluding hydrogens is 388 g/mol. The van der Waals surface area contributed by atoms with Gasteiger partial charge < -0.3 is 5.11 Å². The van der Waals surface area contributed by atoms with Crippen molar-refractivity contribution in [2.24, 2.45) is 0 Å². The number of rotatable bonds is 5. The Kier molecular flexibility index (Phi) is 4.61. The minimum atomic E-state index is -3.43. The van der Waals surface area contributed by atoms with Crippen LogP contribution in [0, 0.1) is 0 Å². The molecule has 1 atom stereocenters. The van der Waals surface area contributed by atoms with Gasteiger partial charge in [0.1, 0.15) is 0 Å². The molecule has 0 radical (unpaired) electrons. The van der Waals surface area contributed by atoms with Crippen LogP contribution in [-0.4, -0.2) is 51.9 Å². The average Bonchev–Trinajstić information content (AvgIpc) is 2.90. The second-order valence-corrected chi connectivity index (χ2v) is 10.9. The van der Waals surface area contributed by atoms with Crippen LogP contribution in [0.25, 0.3) is 10.9 Å². The van der Waals surface area contributed by atoms with Gasteiger partial charge in [0.2, 0.25) is 0 Å². The maximum absolute atomic E-state index is 12.0. The number of fused-ring (bicyclic) bond motifs is 1. The standard InChI is InChI=1S/C18H18N2O5S2/c1-26(2,23)13-6-4-12(5-7-13)11-20-17(18(21)22)15-9-8-14(27(3,24)25)10-16(15)19-20/h4-10H,1,11H2,2-3H3,(H,21,22). The van der Waals surface area contributed by atoms with Gasteiger partial charge in [-0.3, -0.25) is 8.89 Å². The Labute approximate surface area is 157 Å². The Morgan fingerprint density at radius 2 is 1.67 bits per heavy atom. The normalized spacial score (nSPS) is 14.1. The molecule has 27 heavy (non-hydrogen) atoms. The molecule has 0 fully saturated rings. The zero-order valence-corrected chi connectivity index (χ0v) is 16.4. The Balaban J connectivity index is 2.08. The SMILES string of the molecule is C=S(C)(=O)c1ccc(Cn2nc3cc(S(C)(=O)=O)ccc3c2C(=O)O)cc1. The lowest BCUT2D eigenvalue weighted by molar-refractivity contribution is 0.0686. The largest absolute Gasteiger partial charge is 0.477 e. The summed E-state index contributed by atoms with van der Waals surface area (Å²) in [6.45, 7) is 0.173. The van der Waals surface area contributed by atoms with Crippen molar-refractivity contribution in [1.82, 2.24) is 9.78 Å². The lowest BCUT2D eigenvalue weighted by Crippen LogP contribution is -2.11. The molecule has 0 amide bonds. The number of benzene rings is 2. The molecule has 0 aliphatic rings. The van der Waals surface area contributed by atoms with E-state index in [0.29, 0.717) is 15.8 Å². The molecule has 1 unspecified atom stereocenters. The maximum Gasteiger partial charge on any atom is 0.354 e. The molecule has 0 saturated carbocycles. The zero-order valence-electron chi connectivity index (χ0n) is 14.7. The molecule has 0 spiro atoms. The summed E-state index contributed by atoms with van der Waals surface area (Å²) in [4.78, 5) is 12.4. The third kappa shape index (κ3) is 3.88. The minimum Gasteiger partial charge on any atom is -0.477 e. The first-order valence-electron chi connectivity index (χ1n) is 7.82. The van der Waals surface area contributed by atoms with Gasteiger partial charge in [-0.2, -0.15) is 5.10 Å². The van der Waals surface area contributed by atoms with Gasteiger partial charge >= 0.3 is 5.97 Å². The Morgan fingerprint density at radius 1 is 1.07 bits per heavy atom. The van der Waals surface area contributed by atoms with Crippen LogP contribution in [-0.2, 0) is 25.9 Å². The molecule has 9 heteroatoms. The molecule has 2 aromatic carbocycles. The summed E-state index contributed by atoms with van der Waals surface area (Å²) in [6, 6.07) is 11.1. The fraction of sp³-hybridized carbons (Fsp3) is 0.167. The highest BCUT2D eigenvalue weighted by molar-refractivity contribution is 7.99. The number of nitrogens with zero attached hydrogens (tertiary/aromatic N) is 2. The van der Waals surface area contributed by atoms with Gasteiger partial charge in [0, 0.05) is 22.8 Å². The predicted octanol–water partition coefficient (Wildman–Crippen LogP) is 1.89.